The topological polar surface area (TPSA) is 156 Å². The molecule has 0 aromatic rings. The number of nitrogens with one attached hydrogen (secondary N) is 1. The predicted octanol–water partition coefficient (Wildman–Crippen LogP) is -1.85. The third-order valence-electron chi connectivity index (χ3n) is 1.71. The molecule has 0 saturated carbocycles. The molecule has 0 saturated heterocycles. The normalized spacial score (nSPS) is 12.6. The van der Waals surface area contributed by atoms with Crippen LogP contribution in [0.4, 0.5) is 0 Å². The summed E-state index contributed by atoms with van der Waals surface area (Å²) in [5.74, 6) is -3.13. The van der Waals surface area contributed by atoms with Crippen LogP contribution < -0.4 is 11.2 Å². The molecule has 1 aliphatic heterocycles. The van der Waals surface area contributed by atoms with Crippen molar-refractivity contribution in [2.24, 2.45) is 5.73 Å². The lowest BCUT2D eigenvalue weighted by Crippen LogP contribution is -2.31. The van der Waals surface area contributed by atoms with Gasteiger partial charge in [0, 0.05) is 31.9 Å². The van der Waals surface area contributed by atoms with Crippen LogP contribution in [0.25, 0.3) is 0 Å². The zero-order valence-electron chi connectivity index (χ0n) is 10.5. The Labute approximate surface area is 113 Å². The van der Waals surface area contributed by atoms with E-state index in [9.17, 15) is 24.0 Å². The molecule has 1 heterocycles. The third-order valence-corrected chi connectivity index (χ3v) is 1.71. The number of carbonyl (C=O) groups is 5. The van der Waals surface area contributed by atoms with E-state index in [2.05, 4.69) is 4.84 Å². The first-order chi connectivity index (χ1) is 9.27. The Morgan fingerprint density at radius 3 is 2.10 bits per heavy atom. The van der Waals surface area contributed by atoms with Gasteiger partial charge in [-0.3, -0.25) is 24.4 Å². The Morgan fingerprint density at radius 2 is 1.75 bits per heavy atom. The number of rotatable bonds is 4. The lowest BCUT2D eigenvalue weighted by atomic mass is 10.3. The summed E-state index contributed by atoms with van der Waals surface area (Å²) in [5.41, 5.74) is 6.07. The highest BCUT2D eigenvalue weighted by atomic mass is 16.7. The van der Waals surface area contributed by atoms with E-state index in [-0.39, 0.29) is 12.8 Å². The highest BCUT2D eigenvalue weighted by Gasteiger charge is 2.26. The zero-order valence-corrected chi connectivity index (χ0v) is 10.5. The molecule has 10 nitrogen and oxygen atoms in total. The predicted molar refractivity (Wildman–Crippen MR) is 61.1 cm³/mol. The van der Waals surface area contributed by atoms with Gasteiger partial charge in [-0.15, -0.1) is 0 Å². The smallest absolute Gasteiger partial charge is 0.330 e. The van der Waals surface area contributed by atoms with E-state index >= 15 is 0 Å². The quantitative estimate of drug-likeness (QED) is 0.311. The Balaban J connectivity index is 0.000000370. The summed E-state index contributed by atoms with van der Waals surface area (Å²) in [6.07, 6.45) is 1.97. The minimum absolute atomic E-state index is 0.0353. The number of nitrogens with zero attached hydrogens (tertiary/aromatic N) is 1. The van der Waals surface area contributed by atoms with Gasteiger partial charge in [0.05, 0.1) is 0 Å². The lowest BCUT2D eigenvalue weighted by molar-refractivity contribution is -0.194. The van der Waals surface area contributed by atoms with Crippen LogP contribution in [-0.2, 0) is 28.8 Å². The van der Waals surface area contributed by atoms with Crippen molar-refractivity contribution in [1.29, 1.82) is 0 Å². The number of primary amides is 1. The first kappa shape index (κ1) is 17.2. The van der Waals surface area contributed by atoms with Crippen LogP contribution in [0.1, 0.15) is 19.8 Å². The summed E-state index contributed by atoms with van der Waals surface area (Å²) in [7, 11) is 0. The standard InChI is InChI=1S/C6H5NO4.C4H8N2O3/c1-4(8)11-7-5(9)2-3-6(7)10;5-3(7)1-2-4(8)6-9/h2-3H,1H3;9H,1-2H2,(H2,5,7)(H,6,8). The molecule has 0 aliphatic carbocycles. The summed E-state index contributed by atoms with van der Waals surface area (Å²) in [6, 6.07) is 0. The van der Waals surface area contributed by atoms with Gasteiger partial charge in [-0.25, -0.2) is 10.3 Å². The lowest BCUT2D eigenvalue weighted by Gasteiger charge is -2.09. The molecule has 10 heteroatoms. The van der Waals surface area contributed by atoms with Gasteiger partial charge >= 0.3 is 5.97 Å². The average molecular weight is 287 g/mol. The number of hydrogen-bond donors (Lipinski definition) is 3. The summed E-state index contributed by atoms with van der Waals surface area (Å²) in [5, 5.41) is 8.30. The van der Waals surface area contributed by atoms with Gasteiger partial charge in [-0.1, -0.05) is 5.06 Å². The molecule has 0 radical (unpaired) electrons. The van der Waals surface area contributed by atoms with Gasteiger partial charge in [0.25, 0.3) is 11.8 Å². The van der Waals surface area contributed by atoms with Crippen LogP contribution in [0.15, 0.2) is 12.2 Å². The molecule has 0 atom stereocenters. The number of imide groups is 1. The number of nitrogens with two attached hydrogens (primary N) is 1. The molecule has 20 heavy (non-hydrogen) atoms. The van der Waals surface area contributed by atoms with Crippen molar-refractivity contribution in [1.82, 2.24) is 10.5 Å². The van der Waals surface area contributed by atoms with Gasteiger partial charge in [0.15, 0.2) is 0 Å². The first-order valence-corrected chi connectivity index (χ1v) is 5.23. The minimum Gasteiger partial charge on any atom is -0.370 e. The molecule has 0 spiro atoms. The summed E-state index contributed by atoms with van der Waals surface area (Å²) in [6.45, 7) is 1.11. The van der Waals surface area contributed by atoms with E-state index in [1.165, 1.54) is 5.48 Å². The van der Waals surface area contributed by atoms with Crippen molar-refractivity contribution in [2.45, 2.75) is 19.8 Å². The second kappa shape index (κ2) is 8.37. The van der Waals surface area contributed by atoms with E-state index < -0.39 is 29.6 Å². The Hall–Kier alpha value is -2.75. The molecule has 0 fully saturated rings. The monoisotopic (exact) mass is 287 g/mol. The van der Waals surface area contributed by atoms with Gasteiger partial charge < -0.3 is 10.6 Å². The number of hydroxylamine groups is 3. The number of hydrogen-bond acceptors (Lipinski definition) is 7. The summed E-state index contributed by atoms with van der Waals surface area (Å²) in [4.78, 5) is 56.0. The minimum atomic E-state index is -0.699. The van der Waals surface area contributed by atoms with Crippen LogP contribution >= 0.6 is 0 Å². The molecule has 0 aromatic carbocycles. The highest BCUT2D eigenvalue weighted by Crippen LogP contribution is 2.03. The van der Waals surface area contributed by atoms with Crippen molar-refractivity contribution in [3.05, 3.63) is 12.2 Å². The largest absolute Gasteiger partial charge is 0.370 e. The molecule has 4 amide bonds. The van der Waals surface area contributed by atoms with Crippen molar-refractivity contribution in [2.75, 3.05) is 0 Å². The van der Waals surface area contributed by atoms with Gasteiger partial charge in [-0.2, -0.15) is 0 Å². The molecule has 0 aromatic heterocycles. The molecular formula is C10H13N3O7. The van der Waals surface area contributed by atoms with Gasteiger partial charge in [-0.05, 0) is 0 Å². The maximum Gasteiger partial charge on any atom is 0.330 e. The van der Waals surface area contributed by atoms with E-state index in [1.54, 1.807) is 0 Å². The fourth-order valence-electron chi connectivity index (χ4n) is 0.898. The number of amides is 4. The fraction of sp³-hybridized carbons (Fsp3) is 0.300. The fourth-order valence-corrected chi connectivity index (χ4v) is 0.898. The molecule has 110 valence electrons. The van der Waals surface area contributed by atoms with Crippen molar-refractivity contribution < 1.29 is 34.0 Å². The SMILES string of the molecule is CC(=O)ON1C(=O)C=CC1=O.NC(=O)CCC(=O)NO. The molecule has 1 aliphatic rings. The third kappa shape index (κ3) is 6.86. The maximum absolute atomic E-state index is 10.7. The average Bonchev–Trinajstić information content (AvgIpc) is 2.68. The van der Waals surface area contributed by atoms with E-state index in [1.807, 2.05) is 0 Å². The van der Waals surface area contributed by atoms with Crippen LogP contribution in [-0.4, -0.2) is 39.9 Å². The van der Waals surface area contributed by atoms with Crippen LogP contribution in [0.5, 0.6) is 0 Å². The first-order valence-electron chi connectivity index (χ1n) is 5.23. The van der Waals surface area contributed by atoms with E-state index in [0.29, 0.717) is 5.06 Å². The van der Waals surface area contributed by atoms with Crippen LogP contribution in [0.2, 0.25) is 0 Å². The molecule has 0 unspecified atom stereocenters. The van der Waals surface area contributed by atoms with Crippen LogP contribution in [0.3, 0.4) is 0 Å². The Morgan fingerprint density at radius 1 is 1.25 bits per heavy atom. The van der Waals surface area contributed by atoms with E-state index in [0.717, 1.165) is 19.1 Å². The summed E-state index contributed by atoms with van der Waals surface area (Å²) >= 11 is 0. The van der Waals surface area contributed by atoms with Crippen molar-refractivity contribution >= 4 is 29.6 Å². The second-order valence-corrected chi connectivity index (χ2v) is 3.39. The highest BCUT2D eigenvalue weighted by molar-refractivity contribution is 6.12. The van der Waals surface area contributed by atoms with Gasteiger partial charge in [0.1, 0.15) is 0 Å². The molecule has 4 N–H and O–H groups in total. The van der Waals surface area contributed by atoms with Gasteiger partial charge in [0.2, 0.25) is 11.8 Å². The Bertz CT molecular complexity index is 440. The Kier molecular flexibility index (Phi) is 7.22. The van der Waals surface area contributed by atoms with Crippen molar-refractivity contribution in [3.8, 4) is 0 Å². The van der Waals surface area contributed by atoms with E-state index in [4.69, 9.17) is 10.9 Å². The van der Waals surface area contributed by atoms with Crippen molar-refractivity contribution in [3.63, 3.8) is 0 Å². The zero-order chi connectivity index (χ0) is 15.7. The van der Waals surface area contributed by atoms with Crippen LogP contribution in [0, 0.1) is 0 Å². The summed E-state index contributed by atoms with van der Waals surface area (Å²) < 4.78 is 0. The molecule has 1 rings (SSSR count). The molecule has 0 bridgehead atoms. The molecular weight excluding hydrogens is 274 g/mol. The maximum atomic E-state index is 10.7. The second-order valence-electron chi connectivity index (χ2n) is 3.39. The number of carbonyl (C=O) groups excluding carboxylic acids is 5.